The molecule has 1 rings (SSSR count). The predicted octanol–water partition coefficient (Wildman–Crippen LogP) is -0.0160. The summed E-state index contributed by atoms with van der Waals surface area (Å²) in [6.07, 6.45) is 3.72. The largest absolute Gasteiger partial charge is 0.395 e. The molecule has 1 N–H and O–H groups in total. The van der Waals surface area contributed by atoms with Crippen LogP contribution >= 0.6 is 0 Å². The van der Waals surface area contributed by atoms with Gasteiger partial charge in [-0.25, -0.2) is 5.01 Å². The average Bonchev–Trinajstić information content (AvgIpc) is 2.17. The molecule has 0 unspecified atom stereocenters. The molecule has 1 aliphatic rings. The third-order valence-corrected chi connectivity index (χ3v) is 1.73. The zero-order chi connectivity index (χ0) is 7.23. The molecule has 1 saturated heterocycles. The van der Waals surface area contributed by atoms with Gasteiger partial charge >= 0.3 is 0 Å². The second-order valence-electron chi connectivity index (χ2n) is 2.60. The molecule has 0 saturated carbocycles. The number of hydrogen-bond acceptors (Lipinski definition) is 2. The summed E-state index contributed by atoms with van der Waals surface area (Å²) in [4.78, 5) is 0. The number of rotatable bonds is 2. The van der Waals surface area contributed by atoms with Gasteiger partial charge in [0.25, 0.3) is 0 Å². The monoisotopic (exact) mass is 143 g/mol. The maximum absolute atomic E-state index is 8.61. The van der Waals surface area contributed by atoms with Crippen molar-refractivity contribution in [2.45, 2.75) is 19.3 Å². The summed E-state index contributed by atoms with van der Waals surface area (Å²) in [6, 6.07) is 0. The van der Waals surface area contributed by atoms with Crippen LogP contribution in [0.4, 0.5) is 0 Å². The average molecular weight is 143 g/mol. The molecule has 3 heteroatoms. The fraction of sp³-hybridized carbons (Fsp3) is 1.00. The lowest BCUT2D eigenvalue weighted by atomic mass is 10.2. The van der Waals surface area contributed by atoms with E-state index in [-0.39, 0.29) is 6.61 Å². The number of nitrogens with zero attached hydrogens (tertiary/aromatic N) is 2. The number of hydrogen-bond donors (Lipinski definition) is 1. The van der Waals surface area contributed by atoms with Crippen molar-refractivity contribution < 1.29 is 5.11 Å². The predicted molar refractivity (Wildman–Crippen MR) is 39.5 cm³/mol. The van der Waals surface area contributed by atoms with E-state index in [1.807, 2.05) is 5.01 Å². The summed E-state index contributed by atoms with van der Waals surface area (Å²) in [6.45, 7) is 2.91. The summed E-state index contributed by atoms with van der Waals surface area (Å²) in [5, 5.41) is 10.6. The van der Waals surface area contributed by atoms with E-state index in [2.05, 4.69) is 5.43 Å². The molecule has 0 atom stereocenters. The summed E-state index contributed by atoms with van der Waals surface area (Å²) in [5.41, 5.74) is 4.29. The van der Waals surface area contributed by atoms with E-state index in [0.29, 0.717) is 6.54 Å². The first-order chi connectivity index (χ1) is 4.93. The number of β-amino-alcohol motifs (C(OH)–C–C–N with tert-alkyl or cyclic N) is 1. The van der Waals surface area contributed by atoms with Gasteiger partial charge in [0.2, 0.25) is 0 Å². The molecule has 0 amide bonds. The molecular formula is C7H15N2O. The topological polar surface area (TPSA) is 37.6 Å². The van der Waals surface area contributed by atoms with Crippen LogP contribution in [0.25, 0.3) is 0 Å². The van der Waals surface area contributed by atoms with Crippen molar-refractivity contribution in [3.05, 3.63) is 0 Å². The van der Waals surface area contributed by atoms with Crippen molar-refractivity contribution in [3.63, 3.8) is 0 Å². The van der Waals surface area contributed by atoms with Gasteiger partial charge in [0.15, 0.2) is 0 Å². The van der Waals surface area contributed by atoms with Crippen molar-refractivity contribution >= 4 is 0 Å². The Morgan fingerprint density at radius 3 is 3.00 bits per heavy atom. The van der Waals surface area contributed by atoms with Crippen LogP contribution < -0.4 is 5.43 Å². The standard InChI is InChI=1S/C7H15N2O/c10-7-6-9-5-3-1-2-4-8-9/h10H,1-7H2. The van der Waals surface area contributed by atoms with E-state index in [0.717, 1.165) is 13.1 Å². The Morgan fingerprint density at radius 2 is 2.20 bits per heavy atom. The molecule has 3 nitrogen and oxygen atoms in total. The molecule has 1 radical (unpaired) electrons. The minimum Gasteiger partial charge on any atom is -0.395 e. The Morgan fingerprint density at radius 1 is 1.30 bits per heavy atom. The maximum atomic E-state index is 8.61. The van der Waals surface area contributed by atoms with Gasteiger partial charge in [-0.05, 0) is 12.8 Å². The molecule has 0 aromatic heterocycles. The van der Waals surface area contributed by atoms with Gasteiger partial charge in [0, 0.05) is 19.6 Å². The van der Waals surface area contributed by atoms with Crippen molar-refractivity contribution in [1.82, 2.24) is 10.4 Å². The van der Waals surface area contributed by atoms with Crippen LogP contribution in [0.1, 0.15) is 19.3 Å². The van der Waals surface area contributed by atoms with Crippen LogP contribution in [0.15, 0.2) is 0 Å². The lowest BCUT2D eigenvalue weighted by Gasteiger charge is -2.16. The summed E-state index contributed by atoms with van der Waals surface area (Å²) in [5.74, 6) is 0. The summed E-state index contributed by atoms with van der Waals surface area (Å²) < 4.78 is 0. The Kier molecular flexibility index (Phi) is 3.72. The normalized spacial score (nSPS) is 22.5. The van der Waals surface area contributed by atoms with E-state index in [9.17, 15) is 0 Å². The molecule has 1 aliphatic heterocycles. The number of aliphatic hydroxyl groups excluding tert-OH is 1. The molecular weight excluding hydrogens is 128 g/mol. The van der Waals surface area contributed by atoms with Gasteiger partial charge in [-0.2, -0.15) is 5.43 Å². The SMILES string of the molecule is OCCN1CCCCC[N]1. The minimum atomic E-state index is 0.226. The zero-order valence-corrected chi connectivity index (χ0v) is 6.29. The molecule has 0 aromatic carbocycles. The smallest absolute Gasteiger partial charge is 0.0573 e. The second kappa shape index (κ2) is 4.66. The molecule has 0 aliphatic carbocycles. The highest BCUT2D eigenvalue weighted by atomic mass is 16.3. The van der Waals surface area contributed by atoms with Crippen molar-refractivity contribution in [1.29, 1.82) is 0 Å². The van der Waals surface area contributed by atoms with Gasteiger partial charge in [0.05, 0.1) is 6.61 Å². The van der Waals surface area contributed by atoms with Crippen LogP contribution in [-0.2, 0) is 0 Å². The van der Waals surface area contributed by atoms with Gasteiger partial charge in [0.1, 0.15) is 0 Å². The van der Waals surface area contributed by atoms with Crippen LogP contribution in [0.5, 0.6) is 0 Å². The fourth-order valence-electron chi connectivity index (χ4n) is 1.16. The zero-order valence-electron chi connectivity index (χ0n) is 6.29. The number of aliphatic hydroxyl groups is 1. The van der Waals surface area contributed by atoms with Crippen molar-refractivity contribution in [2.24, 2.45) is 0 Å². The molecule has 0 spiro atoms. The van der Waals surface area contributed by atoms with E-state index < -0.39 is 0 Å². The van der Waals surface area contributed by atoms with Crippen LogP contribution in [0.2, 0.25) is 0 Å². The molecule has 1 fully saturated rings. The van der Waals surface area contributed by atoms with E-state index in [1.165, 1.54) is 19.3 Å². The van der Waals surface area contributed by atoms with Crippen LogP contribution in [-0.4, -0.2) is 36.4 Å². The Hall–Kier alpha value is -0.120. The first kappa shape index (κ1) is 7.98. The fourth-order valence-corrected chi connectivity index (χ4v) is 1.16. The summed E-state index contributed by atoms with van der Waals surface area (Å²) in [7, 11) is 0. The highest BCUT2D eigenvalue weighted by molar-refractivity contribution is 4.57. The maximum Gasteiger partial charge on any atom is 0.0573 e. The Balaban J connectivity index is 2.15. The highest BCUT2D eigenvalue weighted by Gasteiger charge is 2.07. The van der Waals surface area contributed by atoms with Crippen LogP contribution in [0, 0.1) is 0 Å². The lowest BCUT2D eigenvalue weighted by molar-refractivity contribution is 0.146. The first-order valence-corrected chi connectivity index (χ1v) is 3.96. The van der Waals surface area contributed by atoms with Crippen molar-refractivity contribution in [3.8, 4) is 0 Å². The van der Waals surface area contributed by atoms with E-state index in [4.69, 9.17) is 5.11 Å². The Labute approximate surface area is 62.0 Å². The van der Waals surface area contributed by atoms with E-state index >= 15 is 0 Å². The molecule has 59 valence electrons. The van der Waals surface area contributed by atoms with Gasteiger partial charge < -0.3 is 5.11 Å². The van der Waals surface area contributed by atoms with Gasteiger partial charge in [-0.1, -0.05) is 6.42 Å². The molecule has 0 bridgehead atoms. The molecule has 1 heterocycles. The third-order valence-electron chi connectivity index (χ3n) is 1.73. The molecule has 10 heavy (non-hydrogen) atoms. The van der Waals surface area contributed by atoms with Gasteiger partial charge in [-0.15, -0.1) is 0 Å². The first-order valence-electron chi connectivity index (χ1n) is 3.96. The highest BCUT2D eigenvalue weighted by Crippen LogP contribution is 2.02. The molecule has 0 aromatic rings. The van der Waals surface area contributed by atoms with Crippen molar-refractivity contribution in [2.75, 3.05) is 26.2 Å². The van der Waals surface area contributed by atoms with Gasteiger partial charge in [-0.3, -0.25) is 0 Å². The second-order valence-corrected chi connectivity index (χ2v) is 2.60. The van der Waals surface area contributed by atoms with E-state index in [1.54, 1.807) is 0 Å². The van der Waals surface area contributed by atoms with Crippen LogP contribution in [0.3, 0.4) is 0 Å². The quantitative estimate of drug-likeness (QED) is 0.590. The lowest BCUT2D eigenvalue weighted by Crippen LogP contribution is -2.34. The third kappa shape index (κ3) is 2.64. The summed E-state index contributed by atoms with van der Waals surface area (Å²) >= 11 is 0. The minimum absolute atomic E-state index is 0.226. The Bertz CT molecular complexity index is 79.7.